The van der Waals surface area contributed by atoms with E-state index in [1.54, 1.807) is 31.2 Å². The van der Waals surface area contributed by atoms with Crippen LogP contribution in [0.5, 0.6) is 11.5 Å². The molecule has 0 saturated heterocycles. The third-order valence-corrected chi connectivity index (χ3v) is 8.79. The lowest BCUT2D eigenvalue weighted by Gasteiger charge is -2.33. The number of amides is 2. The molecule has 0 aromatic heterocycles. The highest BCUT2D eigenvalue weighted by atomic mass is 79.9. The zero-order valence-corrected chi connectivity index (χ0v) is 27.4. The van der Waals surface area contributed by atoms with Crippen molar-refractivity contribution in [3.8, 4) is 11.5 Å². The molecular formula is C31H38BrN3O6S. The van der Waals surface area contributed by atoms with Crippen LogP contribution in [-0.4, -0.2) is 57.5 Å². The maximum atomic E-state index is 14.1. The lowest BCUT2D eigenvalue weighted by atomic mass is 10.1. The smallest absolute Gasteiger partial charge is 0.264 e. The fraction of sp³-hybridized carbons (Fsp3) is 0.355. The molecule has 0 aliphatic rings. The van der Waals surface area contributed by atoms with Gasteiger partial charge in [-0.15, -0.1) is 0 Å². The number of carbonyl (C=O) groups excluding carboxylic acids is 2. The van der Waals surface area contributed by atoms with Crippen molar-refractivity contribution in [3.05, 3.63) is 82.3 Å². The molecule has 0 aliphatic heterocycles. The Labute approximate surface area is 257 Å². The number of benzene rings is 3. The molecule has 0 spiro atoms. The lowest BCUT2D eigenvalue weighted by molar-refractivity contribution is -0.140. The summed E-state index contributed by atoms with van der Waals surface area (Å²) in [5.41, 5.74) is 1.35. The number of rotatable bonds is 11. The number of nitrogens with one attached hydrogen (secondary N) is 1. The van der Waals surface area contributed by atoms with E-state index in [2.05, 4.69) is 21.2 Å². The highest BCUT2D eigenvalue weighted by molar-refractivity contribution is 9.10. The third kappa shape index (κ3) is 8.25. The van der Waals surface area contributed by atoms with Crippen molar-refractivity contribution in [2.75, 3.05) is 25.1 Å². The molecule has 0 radical (unpaired) electrons. The van der Waals surface area contributed by atoms with Gasteiger partial charge in [0, 0.05) is 22.6 Å². The maximum Gasteiger partial charge on any atom is 0.264 e. The predicted octanol–water partition coefficient (Wildman–Crippen LogP) is 5.30. The zero-order chi connectivity index (χ0) is 31.2. The molecule has 11 heteroatoms. The summed E-state index contributed by atoms with van der Waals surface area (Å²) < 4.78 is 40.7. The van der Waals surface area contributed by atoms with Crippen molar-refractivity contribution in [3.63, 3.8) is 0 Å². The number of sulfonamides is 1. The average Bonchev–Trinajstić information content (AvgIpc) is 2.94. The fourth-order valence-electron chi connectivity index (χ4n) is 4.19. The van der Waals surface area contributed by atoms with Gasteiger partial charge in [0.1, 0.15) is 12.6 Å². The normalized spacial score (nSPS) is 12.3. The van der Waals surface area contributed by atoms with E-state index in [0.29, 0.717) is 11.5 Å². The highest BCUT2D eigenvalue weighted by Gasteiger charge is 2.33. The summed E-state index contributed by atoms with van der Waals surface area (Å²) in [5, 5.41) is 2.92. The van der Waals surface area contributed by atoms with E-state index in [-0.39, 0.29) is 23.0 Å². The van der Waals surface area contributed by atoms with Crippen LogP contribution in [0, 0.1) is 6.92 Å². The first kappa shape index (κ1) is 32.9. The van der Waals surface area contributed by atoms with Crippen LogP contribution >= 0.6 is 15.9 Å². The first-order valence-corrected chi connectivity index (χ1v) is 15.6. The molecule has 1 atom stereocenters. The van der Waals surface area contributed by atoms with E-state index < -0.39 is 34.1 Å². The molecule has 1 N–H and O–H groups in total. The van der Waals surface area contributed by atoms with Gasteiger partial charge in [0.05, 0.1) is 24.8 Å². The van der Waals surface area contributed by atoms with Crippen molar-refractivity contribution in [1.82, 2.24) is 10.2 Å². The Morgan fingerprint density at radius 2 is 1.52 bits per heavy atom. The third-order valence-electron chi connectivity index (χ3n) is 6.47. The number of nitrogens with zero attached hydrogens (tertiary/aromatic N) is 2. The maximum absolute atomic E-state index is 14.1. The molecule has 3 aromatic carbocycles. The molecule has 0 fully saturated rings. The molecule has 42 heavy (non-hydrogen) atoms. The van der Waals surface area contributed by atoms with Gasteiger partial charge >= 0.3 is 0 Å². The number of ether oxygens (including phenoxy) is 2. The lowest BCUT2D eigenvalue weighted by Crippen LogP contribution is -2.54. The summed E-state index contributed by atoms with van der Waals surface area (Å²) in [6, 6.07) is 17.5. The second kappa shape index (κ2) is 13.6. The van der Waals surface area contributed by atoms with Gasteiger partial charge in [-0.3, -0.25) is 13.9 Å². The molecule has 3 rings (SSSR count). The Hall–Kier alpha value is -3.57. The Bertz CT molecular complexity index is 1500. The van der Waals surface area contributed by atoms with Gasteiger partial charge in [-0.25, -0.2) is 8.42 Å². The summed E-state index contributed by atoms with van der Waals surface area (Å²) in [7, 11) is -1.29. The minimum absolute atomic E-state index is 0.0219. The quantitative estimate of drug-likeness (QED) is 0.299. The van der Waals surface area contributed by atoms with Crippen molar-refractivity contribution >= 4 is 43.5 Å². The first-order valence-electron chi connectivity index (χ1n) is 13.3. The van der Waals surface area contributed by atoms with Gasteiger partial charge in [-0.05, 0) is 76.6 Å². The number of hydrogen-bond donors (Lipinski definition) is 1. The average molecular weight is 661 g/mol. The van der Waals surface area contributed by atoms with Crippen LogP contribution in [0.1, 0.15) is 38.8 Å². The van der Waals surface area contributed by atoms with Crippen molar-refractivity contribution in [1.29, 1.82) is 0 Å². The van der Waals surface area contributed by atoms with Crippen molar-refractivity contribution in [2.45, 2.75) is 57.6 Å². The molecule has 226 valence electrons. The number of methoxy groups -OCH3 is 2. The minimum Gasteiger partial charge on any atom is -0.493 e. The Kier molecular flexibility index (Phi) is 10.7. The Balaban J connectivity index is 2.09. The summed E-state index contributed by atoms with van der Waals surface area (Å²) in [4.78, 5) is 28.7. The molecule has 2 amide bonds. The molecule has 1 unspecified atom stereocenters. The van der Waals surface area contributed by atoms with E-state index in [4.69, 9.17) is 9.47 Å². The van der Waals surface area contributed by atoms with Gasteiger partial charge in [0.25, 0.3) is 10.0 Å². The van der Waals surface area contributed by atoms with Gasteiger partial charge < -0.3 is 19.7 Å². The van der Waals surface area contributed by atoms with Crippen LogP contribution in [0.3, 0.4) is 0 Å². The summed E-state index contributed by atoms with van der Waals surface area (Å²) in [5.74, 6) is -0.201. The van der Waals surface area contributed by atoms with Gasteiger partial charge in [-0.2, -0.15) is 0 Å². The second-order valence-corrected chi connectivity index (χ2v) is 13.7. The monoisotopic (exact) mass is 659 g/mol. The fourth-order valence-corrected chi connectivity index (χ4v) is 5.86. The molecule has 0 saturated carbocycles. The van der Waals surface area contributed by atoms with Gasteiger partial charge in [0.15, 0.2) is 11.5 Å². The predicted molar refractivity (Wildman–Crippen MR) is 167 cm³/mol. The summed E-state index contributed by atoms with van der Waals surface area (Å²) >= 11 is 3.42. The number of anilines is 1. The molecule has 3 aromatic rings. The van der Waals surface area contributed by atoms with Gasteiger partial charge in [-0.1, -0.05) is 45.8 Å². The second-order valence-electron chi connectivity index (χ2n) is 10.9. The molecule has 0 bridgehead atoms. The largest absolute Gasteiger partial charge is 0.493 e. The van der Waals surface area contributed by atoms with E-state index in [0.717, 1.165) is 19.9 Å². The number of hydrogen-bond acceptors (Lipinski definition) is 6. The summed E-state index contributed by atoms with van der Waals surface area (Å²) in [6.07, 6.45) is 0. The zero-order valence-electron chi connectivity index (χ0n) is 25.0. The van der Waals surface area contributed by atoms with Crippen LogP contribution < -0.4 is 19.1 Å². The molecular weight excluding hydrogens is 622 g/mol. The van der Waals surface area contributed by atoms with E-state index in [1.165, 1.54) is 37.3 Å². The Morgan fingerprint density at radius 1 is 0.929 bits per heavy atom. The highest BCUT2D eigenvalue weighted by Crippen LogP contribution is 2.34. The first-order chi connectivity index (χ1) is 19.7. The van der Waals surface area contributed by atoms with Crippen LogP contribution in [0.25, 0.3) is 0 Å². The van der Waals surface area contributed by atoms with Crippen LogP contribution in [0.4, 0.5) is 5.69 Å². The van der Waals surface area contributed by atoms with Crippen LogP contribution in [-0.2, 0) is 26.2 Å². The Morgan fingerprint density at radius 3 is 2.07 bits per heavy atom. The number of aryl methyl sites for hydroxylation is 1. The number of carbonyl (C=O) groups is 2. The van der Waals surface area contributed by atoms with E-state index >= 15 is 0 Å². The van der Waals surface area contributed by atoms with Crippen molar-refractivity contribution < 1.29 is 27.5 Å². The summed E-state index contributed by atoms with van der Waals surface area (Å²) in [6.45, 7) is 8.58. The molecule has 0 aliphatic carbocycles. The minimum atomic E-state index is -4.21. The van der Waals surface area contributed by atoms with Crippen LogP contribution in [0.15, 0.2) is 76.1 Å². The van der Waals surface area contributed by atoms with Crippen molar-refractivity contribution in [2.24, 2.45) is 0 Å². The standard InChI is InChI=1S/C31H38BrN3O6S/c1-21-8-15-26(16-9-21)42(38,39)35(25-14-17-27(40-6)28(18-25)41-7)20-29(36)34(19-23-10-12-24(32)13-11-23)22(2)30(37)33-31(3,4)5/h8-18,22H,19-20H2,1-7H3,(H,33,37). The molecule has 0 heterocycles. The van der Waals surface area contributed by atoms with E-state index in [1.807, 2.05) is 52.0 Å². The molecule has 9 nitrogen and oxygen atoms in total. The van der Waals surface area contributed by atoms with Crippen LogP contribution in [0.2, 0.25) is 0 Å². The topological polar surface area (TPSA) is 105 Å². The van der Waals surface area contributed by atoms with Gasteiger partial charge in [0.2, 0.25) is 11.8 Å². The van der Waals surface area contributed by atoms with E-state index in [9.17, 15) is 18.0 Å². The number of halogens is 1. The SMILES string of the molecule is COc1ccc(N(CC(=O)N(Cc2ccc(Br)cc2)C(C)C(=O)NC(C)(C)C)S(=O)(=O)c2ccc(C)cc2)cc1OC.